The molecule has 3 atom stereocenters. The molecular weight excluding hydrogens is 518 g/mol. The van der Waals surface area contributed by atoms with Gasteiger partial charge in [0.05, 0.1) is 13.7 Å². The van der Waals surface area contributed by atoms with Gasteiger partial charge in [-0.3, -0.25) is 14.6 Å². The molecule has 0 bridgehead atoms. The van der Waals surface area contributed by atoms with Crippen LogP contribution in [0.2, 0.25) is 0 Å². The number of hydrogen-bond donors (Lipinski definition) is 0. The molecule has 5 rings (SSSR count). The van der Waals surface area contributed by atoms with Crippen LogP contribution in [0.4, 0.5) is 0 Å². The highest BCUT2D eigenvalue weighted by Gasteiger charge is 2.44. The van der Waals surface area contributed by atoms with Crippen molar-refractivity contribution in [2.24, 2.45) is 10.9 Å². The van der Waals surface area contributed by atoms with Gasteiger partial charge >= 0.3 is 5.97 Å². The molecule has 0 saturated carbocycles. The highest BCUT2D eigenvalue weighted by atomic mass is 16.6. The fourth-order valence-corrected chi connectivity index (χ4v) is 5.66. The van der Waals surface area contributed by atoms with Crippen molar-refractivity contribution in [2.75, 3.05) is 27.4 Å². The zero-order valence-corrected chi connectivity index (χ0v) is 23.7. The molecule has 41 heavy (non-hydrogen) atoms. The highest BCUT2D eigenvalue weighted by Crippen LogP contribution is 2.47. The molecular formula is C34H35NO6. The molecule has 3 aromatic carbocycles. The lowest BCUT2D eigenvalue weighted by atomic mass is 9.69. The molecule has 0 radical (unpaired) electrons. The van der Waals surface area contributed by atoms with E-state index in [0.717, 1.165) is 28.1 Å². The summed E-state index contributed by atoms with van der Waals surface area (Å²) in [4.78, 5) is 32.1. The summed E-state index contributed by atoms with van der Waals surface area (Å²) < 4.78 is 21.9. The van der Waals surface area contributed by atoms with E-state index in [-0.39, 0.29) is 18.3 Å². The Labute approximate surface area is 240 Å². The van der Waals surface area contributed by atoms with Crippen LogP contribution in [-0.4, -0.2) is 44.9 Å². The number of Topliss-reactive ketones (excluding diaryl/α,β-unsaturated/α-hetero) is 1. The smallest absolute Gasteiger partial charge is 0.315 e. The third kappa shape index (κ3) is 6.41. The summed E-state index contributed by atoms with van der Waals surface area (Å²) in [5.74, 6) is -0.117. The van der Waals surface area contributed by atoms with Crippen LogP contribution < -0.4 is 9.47 Å². The Morgan fingerprint density at radius 1 is 0.854 bits per heavy atom. The van der Waals surface area contributed by atoms with Crippen LogP contribution in [0.3, 0.4) is 0 Å². The number of carbonyl (C=O) groups is 2. The minimum Gasteiger partial charge on any atom is -0.497 e. The summed E-state index contributed by atoms with van der Waals surface area (Å²) in [6.45, 7) is 2.73. The highest BCUT2D eigenvalue weighted by molar-refractivity contribution is 6.09. The Bertz CT molecular complexity index is 1430. The van der Waals surface area contributed by atoms with Crippen LogP contribution in [0.15, 0.2) is 95.1 Å². The third-order valence-electron chi connectivity index (χ3n) is 7.75. The zero-order valence-electron chi connectivity index (χ0n) is 23.7. The van der Waals surface area contributed by atoms with Crippen LogP contribution in [0.25, 0.3) is 0 Å². The Balaban J connectivity index is 1.45. The van der Waals surface area contributed by atoms with Crippen molar-refractivity contribution in [3.05, 3.63) is 107 Å². The maximum absolute atomic E-state index is 13.8. The van der Waals surface area contributed by atoms with Crippen molar-refractivity contribution in [3.63, 3.8) is 0 Å². The standard InChI is InChI=1S/C34H35NO6/c1-22-31(34(37)40-18-17-38-2)32(25-11-15-28(16-12-25)41-21-23-7-5-4-6-8-23)33-29(35-22)19-26(20-30(33)36)24-9-13-27(39-3)14-10-24/h4-16,26,31-32H,17-21H2,1-3H3/t26-,31?,32+/m1/s1. The van der Waals surface area contributed by atoms with Gasteiger partial charge in [0.2, 0.25) is 0 Å². The number of carbonyl (C=O) groups excluding carboxylic acids is 2. The number of ether oxygens (including phenoxy) is 4. The lowest BCUT2D eigenvalue weighted by Gasteiger charge is -2.36. The average Bonchev–Trinajstić information content (AvgIpc) is 3.00. The topological polar surface area (TPSA) is 83.4 Å². The summed E-state index contributed by atoms with van der Waals surface area (Å²) in [5, 5.41) is 0. The molecule has 7 nitrogen and oxygen atoms in total. The second-order valence-corrected chi connectivity index (χ2v) is 10.4. The van der Waals surface area contributed by atoms with Gasteiger partial charge in [0.15, 0.2) is 5.78 Å². The number of benzene rings is 3. The first-order chi connectivity index (χ1) is 20.0. The summed E-state index contributed by atoms with van der Waals surface area (Å²) in [5.41, 5.74) is 4.98. The molecule has 0 fully saturated rings. The number of methoxy groups -OCH3 is 2. The van der Waals surface area contributed by atoms with Crippen molar-refractivity contribution in [3.8, 4) is 11.5 Å². The lowest BCUT2D eigenvalue weighted by Crippen LogP contribution is -2.38. The maximum Gasteiger partial charge on any atom is 0.315 e. The van der Waals surface area contributed by atoms with Crippen molar-refractivity contribution in [2.45, 2.75) is 38.2 Å². The summed E-state index contributed by atoms with van der Waals surface area (Å²) in [6, 6.07) is 25.4. The van der Waals surface area contributed by atoms with Gasteiger partial charge in [0.1, 0.15) is 30.6 Å². The van der Waals surface area contributed by atoms with Gasteiger partial charge in [-0.1, -0.05) is 54.6 Å². The number of allylic oxidation sites excluding steroid dienone is 2. The number of aliphatic imine (C=N–C) groups is 1. The first-order valence-electron chi connectivity index (χ1n) is 13.9. The maximum atomic E-state index is 13.8. The van der Waals surface area contributed by atoms with E-state index in [0.29, 0.717) is 43.1 Å². The number of esters is 1. The molecule has 7 heteroatoms. The molecule has 1 aliphatic carbocycles. The van der Waals surface area contributed by atoms with E-state index in [2.05, 4.69) is 0 Å². The number of ketones is 1. The van der Waals surface area contributed by atoms with Gasteiger partial charge in [0.25, 0.3) is 0 Å². The molecule has 0 N–H and O–H groups in total. The van der Waals surface area contributed by atoms with Crippen molar-refractivity contribution in [1.82, 2.24) is 0 Å². The minimum atomic E-state index is -0.705. The van der Waals surface area contributed by atoms with Gasteiger partial charge in [-0.15, -0.1) is 0 Å². The van der Waals surface area contributed by atoms with Gasteiger partial charge in [-0.05, 0) is 60.2 Å². The fourth-order valence-electron chi connectivity index (χ4n) is 5.66. The first-order valence-corrected chi connectivity index (χ1v) is 13.9. The largest absolute Gasteiger partial charge is 0.497 e. The second kappa shape index (κ2) is 13.0. The Morgan fingerprint density at radius 3 is 2.22 bits per heavy atom. The Morgan fingerprint density at radius 2 is 1.54 bits per heavy atom. The number of hydrogen-bond acceptors (Lipinski definition) is 7. The van der Waals surface area contributed by atoms with Crippen LogP contribution in [0, 0.1) is 5.92 Å². The normalized spacial score (nSPS) is 20.2. The summed E-state index contributed by atoms with van der Waals surface area (Å²) in [6.07, 6.45) is 0.963. The van der Waals surface area contributed by atoms with Gasteiger partial charge in [-0.25, -0.2) is 0 Å². The third-order valence-corrected chi connectivity index (χ3v) is 7.75. The molecule has 0 aromatic heterocycles. The van der Waals surface area contributed by atoms with E-state index in [4.69, 9.17) is 23.9 Å². The Kier molecular flexibility index (Phi) is 8.95. The van der Waals surface area contributed by atoms with Gasteiger partial charge in [-0.2, -0.15) is 0 Å². The molecule has 212 valence electrons. The molecule has 1 aliphatic heterocycles. The molecule has 2 aliphatic rings. The minimum absolute atomic E-state index is 0.00308. The van der Waals surface area contributed by atoms with Crippen molar-refractivity contribution in [1.29, 1.82) is 0 Å². The SMILES string of the molecule is COCCOC(=O)C1C(C)=NC2=C(C(=O)C[C@H](c3ccc(OC)cc3)C2)[C@H]1c1ccc(OCc2ccccc2)cc1. The van der Waals surface area contributed by atoms with E-state index >= 15 is 0 Å². The van der Waals surface area contributed by atoms with E-state index in [9.17, 15) is 9.59 Å². The zero-order chi connectivity index (χ0) is 28.8. The second-order valence-electron chi connectivity index (χ2n) is 10.4. The van der Waals surface area contributed by atoms with Crippen LogP contribution >= 0.6 is 0 Å². The lowest BCUT2D eigenvalue weighted by molar-refractivity contribution is -0.147. The van der Waals surface area contributed by atoms with Gasteiger partial charge in [0, 0.05) is 36.4 Å². The number of nitrogens with zero attached hydrogens (tertiary/aromatic N) is 1. The van der Waals surface area contributed by atoms with E-state index in [1.165, 1.54) is 0 Å². The monoisotopic (exact) mass is 553 g/mol. The first kappa shape index (κ1) is 28.3. The fraction of sp³-hybridized carbons (Fsp3) is 0.324. The quantitative estimate of drug-likeness (QED) is 0.225. The van der Waals surface area contributed by atoms with Crippen LogP contribution in [0.5, 0.6) is 11.5 Å². The van der Waals surface area contributed by atoms with Crippen molar-refractivity contribution < 1.29 is 28.5 Å². The molecule has 3 aromatic rings. The molecule has 1 heterocycles. The van der Waals surface area contributed by atoms with Crippen molar-refractivity contribution >= 4 is 17.5 Å². The van der Waals surface area contributed by atoms with E-state index in [1.807, 2.05) is 85.8 Å². The predicted octanol–water partition coefficient (Wildman–Crippen LogP) is 6.04. The Hall–Kier alpha value is -4.23. The number of rotatable bonds is 10. The molecule has 0 saturated heterocycles. The molecule has 0 amide bonds. The van der Waals surface area contributed by atoms with E-state index < -0.39 is 17.8 Å². The van der Waals surface area contributed by atoms with Gasteiger partial charge < -0.3 is 18.9 Å². The molecule has 1 unspecified atom stereocenters. The summed E-state index contributed by atoms with van der Waals surface area (Å²) in [7, 11) is 3.19. The average molecular weight is 554 g/mol. The van der Waals surface area contributed by atoms with E-state index in [1.54, 1.807) is 14.2 Å². The van der Waals surface area contributed by atoms with Crippen LogP contribution in [-0.2, 0) is 25.7 Å². The predicted molar refractivity (Wildman–Crippen MR) is 156 cm³/mol. The molecule has 0 spiro atoms. The summed E-state index contributed by atoms with van der Waals surface area (Å²) >= 11 is 0. The van der Waals surface area contributed by atoms with Crippen LogP contribution in [0.1, 0.15) is 48.3 Å².